The van der Waals surface area contributed by atoms with Crippen molar-refractivity contribution in [1.29, 1.82) is 0 Å². The summed E-state index contributed by atoms with van der Waals surface area (Å²) in [5.74, 6) is 0.383. The van der Waals surface area contributed by atoms with Crippen LogP contribution in [-0.2, 0) is 14.3 Å². The molecule has 0 aliphatic carbocycles. The molecule has 128 valence electrons. The molecule has 0 aromatic heterocycles. The summed E-state index contributed by atoms with van der Waals surface area (Å²) in [5.41, 5.74) is 1.79. The van der Waals surface area contributed by atoms with E-state index in [1.165, 1.54) is 13.2 Å². The summed E-state index contributed by atoms with van der Waals surface area (Å²) in [6, 6.07) is 5.43. The zero-order valence-electron chi connectivity index (χ0n) is 13.8. The number of benzene rings is 1. The number of amides is 1. The van der Waals surface area contributed by atoms with E-state index in [2.05, 4.69) is 4.74 Å². The van der Waals surface area contributed by atoms with Gasteiger partial charge in [0.2, 0.25) is 5.91 Å². The Morgan fingerprint density at radius 2 is 2.21 bits per heavy atom. The standard InChI is InChI=1S/C18H20ClNO4/c1-20(9-3-4-18(22)23-2)17(21)8-5-13-10-14-11-15(19)6-7-16(14)24-12-13/h5-8,10-11H,3-4,9,12H2,1-2H3/b8-5+. The molecule has 0 saturated heterocycles. The summed E-state index contributed by atoms with van der Waals surface area (Å²) in [7, 11) is 3.05. The van der Waals surface area contributed by atoms with Gasteiger partial charge >= 0.3 is 5.97 Å². The summed E-state index contributed by atoms with van der Waals surface area (Å²) in [6.07, 6.45) is 6.06. The molecule has 0 atom stereocenters. The Balaban J connectivity index is 1.90. The molecule has 0 fully saturated rings. The highest BCUT2D eigenvalue weighted by Gasteiger charge is 2.11. The predicted octanol–water partition coefficient (Wildman–Crippen LogP) is 3.08. The van der Waals surface area contributed by atoms with Crippen LogP contribution >= 0.6 is 11.6 Å². The molecule has 6 heteroatoms. The van der Waals surface area contributed by atoms with Crippen molar-refractivity contribution < 1.29 is 19.1 Å². The minimum atomic E-state index is -0.270. The van der Waals surface area contributed by atoms with E-state index in [0.717, 1.165) is 16.9 Å². The SMILES string of the molecule is COC(=O)CCCN(C)C(=O)/C=C/C1=Cc2cc(Cl)ccc2OC1. The van der Waals surface area contributed by atoms with Crippen molar-refractivity contribution in [1.82, 2.24) is 4.90 Å². The average Bonchev–Trinajstić information content (AvgIpc) is 2.58. The summed E-state index contributed by atoms with van der Waals surface area (Å²) in [4.78, 5) is 24.7. The van der Waals surface area contributed by atoms with Gasteiger partial charge in [-0.2, -0.15) is 0 Å². The average molecular weight is 350 g/mol. The van der Waals surface area contributed by atoms with Crippen LogP contribution in [0.1, 0.15) is 18.4 Å². The van der Waals surface area contributed by atoms with E-state index in [1.807, 2.05) is 18.2 Å². The van der Waals surface area contributed by atoms with E-state index in [-0.39, 0.29) is 11.9 Å². The first-order chi connectivity index (χ1) is 11.5. The summed E-state index contributed by atoms with van der Waals surface area (Å²) >= 11 is 5.98. The first-order valence-electron chi connectivity index (χ1n) is 7.62. The van der Waals surface area contributed by atoms with Gasteiger partial charge in [-0.1, -0.05) is 17.7 Å². The maximum Gasteiger partial charge on any atom is 0.305 e. The fourth-order valence-corrected chi connectivity index (χ4v) is 2.42. The molecule has 0 radical (unpaired) electrons. The normalized spacial score (nSPS) is 13.0. The Morgan fingerprint density at radius 3 is 2.96 bits per heavy atom. The van der Waals surface area contributed by atoms with Crippen LogP contribution in [0, 0.1) is 0 Å². The summed E-state index contributed by atoms with van der Waals surface area (Å²) in [5, 5.41) is 0.639. The molecule has 24 heavy (non-hydrogen) atoms. The molecule has 0 spiro atoms. The van der Waals surface area contributed by atoms with E-state index in [0.29, 0.717) is 31.0 Å². The monoisotopic (exact) mass is 349 g/mol. The number of methoxy groups -OCH3 is 1. The summed E-state index contributed by atoms with van der Waals surface area (Å²) < 4.78 is 10.2. The third-order valence-corrected chi connectivity index (χ3v) is 3.86. The fraction of sp³-hybridized carbons (Fsp3) is 0.333. The Kier molecular flexibility index (Phi) is 6.44. The Hall–Kier alpha value is -2.27. The van der Waals surface area contributed by atoms with Crippen molar-refractivity contribution in [2.24, 2.45) is 0 Å². The molecule has 1 aliphatic heterocycles. The lowest BCUT2D eigenvalue weighted by atomic mass is 10.1. The van der Waals surface area contributed by atoms with Gasteiger partial charge in [0, 0.05) is 36.7 Å². The molecule has 1 aliphatic rings. The van der Waals surface area contributed by atoms with Gasteiger partial charge in [0.1, 0.15) is 12.4 Å². The van der Waals surface area contributed by atoms with E-state index in [4.69, 9.17) is 16.3 Å². The van der Waals surface area contributed by atoms with Crippen molar-refractivity contribution in [3.05, 3.63) is 46.5 Å². The number of hydrogen-bond acceptors (Lipinski definition) is 4. The molecule has 0 saturated carbocycles. The number of ether oxygens (including phenoxy) is 2. The summed E-state index contributed by atoms with van der Waals surface area (Å²) in [6.45, 7) is 0.900. The highest BCUT2D eigenvalue weighted by molar-refractivity contribution is 6.30. The zero-order valence-corrected chi connectivity index (χ0v) is 14.5. The van der Waals surface area contributed by atoms with E-state index in [1.54, 1.807) is 24.1 Å². The van der Waals surface area contributed by atoms with Gasteiger partial charge in [0.05, 0.1) is 7.11 Å². The fourth-order valence-electron chi connectivity index (χ4n) is 2.24. The predicted molar refractivity (Wildman–Crippen MR) is 93.0 cm³/mol. The molecule has 5 nitrogen and oxygen atoms in total. The lowest BCUT2D eigenvalue weighted by Gasteiger charge is -2.17. The first kappa shape index (κ1) is 18.1. The van der Waals surface area contributed by atoms with Crippen LogP contribution in [-0.4, -0.2) is 44.1 Å². The van der Waals surface area contributed by atoms with Gasteiger partial charge in [0.25, 0.3) is 0 Å². The van der Waals surface area contributed by atoms with Crippen LogP contribution in [0.2, 0.25) is 5.02 Å². The van der Waals surface area contributed by atoms with Gasteiger partial charge in [-0.3, -0.25) is 9.59 Å². The number of hydrogen-bond donors (Lipinski definition) is 0. The smallest absolute Gasteiger partial charge is 0.305 e. The minimum Gasteiger partial charge on any atom is -0.488 e. The van der Waals surface area contributed by atoms with Gasteiger partial charge in [-0.25, -0.2) is 0 Å². The number of likely N-dealkylation sites (N-methyl/N-ethyl adjacent to an activating group) is 1. The highest BCUT2D eigenvalue weighted by Crippen LogP contribution is 2.29. The Labute approximate surface area is 146 Å². The van der Waals surface area contributed by atoms with E-state index >= 15 is 0 Å². The molecule has 2 rings (SSSR count). The molecular formula is C18H20ClNO4. The number of carbonyl (C=O) groups excluding carboxylic acids is 2. The lowest BCUT2D eigenvalue weighted by Crippen LogP contribution is -2.26. The number of rotatable bonds is 6. The molecule has 1 aromatic carbocycles. The molecule has 0 bridgehead atoms. The topological polar surface area (TPSA) is 55.8 Å². The number of halogens is 1. The second-order valence-corrected chi connectivity index (χ2v) is 5.90. The van der Waals surface area contributed by atoms with E-state index in [9.17, 15) is 9.59 Å². The van der Waals surface area contributed by atoms with Crippen LogP contribution in [0.15, 0.2) is 35.9 Å². The molecular weight excluding hydrogens is 330 g/mol. The molecule has 1 amide bonds. The number of nitrogens with zero attached hydrogens (tertiary/aromatic N) is 1. The van der Waals surface area contributed by atoms with Gasteiger partial charge in [-0.05, 0) is 36.3 Å². The maximum atomic E-state index is 12.1. The Bertz CT molecular complexity index is 682. The highest BCUT2D eigenvalue weighted by atomic mass is 35.5. The molecule has 1 aromatic rings. The lowest BCUT2D eigenvalue weighted by molar-refractivity contribution is -0.141. The third-order valence-electron chi connectivity index (χ3n) is 3.63. The largest absolute Gasteiger partial charge is 0.488 e. The van der Waals surface area contributed by atoms with Crippen molar-refractivity contribution in [3.63, 3.8) is 0 Å². The van der Waals surface area contributed by atoms with Crippen LogP contribution < -0.4 is 4.74 Å². The molecule has 0 unspecified atom stereocenters. The van der Waals surface area contributed by atoms with Gasteiger partial charge < -0.3 is 14.4 Å². The zero-order chi connectivity index (χ0) is 17.5. The van der Waals surface area contributed by atoms with Gasteiger partial charge in [-0.15, -0.1) is 0 Å². The third kappa shape index (κ3) is 5.13. The number of fused-ring (bicyclic) bond motifs is 1. The first-order valence-corrected chi connectivity index (χ1v) is 8.00. The molecule has 1 heterocycles. The number of esters is 1. The second-order valence-electron chi connectivity index (χ2n) is 5.46. The number of carbonyl (C=O) groups is 2. The minimum absolute atomic E-state index is 0.127. The van der Waals surface area contributed by atoms with Crippen LogP contribution in [0.25, 0.3) is 6.08 Å². The van der Waals surface area contributed by atoms with Crippen LogP contribution in [0.3, 0.4) is 0 Å². The van der Waals surface area contributed by atoms with Crippen molar-refractivity contribution >= 4 is 29.6 Å². The second kappa shape index (κ2) is 8.55. The van der Waals surface area contributed by atoms with Crippen molar-refractivity contribution in [2.75, 3.05) is 27.3 Å². The maximum absolute atomic E-state index is 12.1. The van der Waals surface area contributed by atoms with Gasteiger partial charge in [0.15, 0.2) is 0 Å². The Morgan fingerprint density at radius 1 is 1.42 bits per heavy atom. The van der Waals surface area contributed by atoms with Crippen molar-refractivity contribution in [2.45, 2.75) is 12.8 Å². The van der Waals surface area contributed by atoms with E-state index < -0.39 is 0 Å². The molecule has 0 N–H and O–H groups in total. The van der Waals surface area contributed by atoms with Crippen LogP contribution in [0.5, 0.6) is 5.75 Å². The van der Waals surface area contributed by atoms with Crippen LogP contribution in [0.4, 0.5) is 0 Å². The quantitative estimate of drug-likeness (QED) is 0.585. The van der Waals surface area contributed by atoms with Crippen molar-refractivity contribution in [3.8, 4) is 5.75 Å².